The van der Waals surface area contributed by atoms with Crippen LogP contribution in [0.15, 0.2) is 0 Å². The molecule has 1 aliphatic rings. The summed E-state index contributed by atoms with van der Waals surface area (Å²) in [7, 11) is 0. The zero-order valence-electron chi connectivity index (χ0n) is 9.09. The third-order valence-corrected chi connectivity index (χ3v) is 2.65. The summed E-state index contributed by atoms with van der Waals surface area (Å²) >= 11 is 0. The van der Waals surface area contributed by atoms with Crippen molar-refractivity contribution in [3.8, 4) is 0 Å². The highest BCUT2D eigenvalue weighted by molar-refractivity contribution is 4.79. The first-order chi connectivity index (χ1) is 7.49. The zero-order chi connectivity index (χ0) is 12.0. The minimum Gasteiger partial charge on any atom is -0.392 e. The summed E-state index contributed by atoms with van der Waals surface area (Å²) in [4.78, 5) is 0. The van der Waals surface area contributed by atoms with Crippen molar-refractivity contribution in [3.05, 3.63) is 0 Å². The Morgan fingerprint density at radius 2 is 1.94 bits per heavy atom. The summed E-state index contributed by atoms with van der Waals surface area (Å²) in [6.45, 7) is -0.845. The van der Waals surface area contributed by atoms with Crippen molar-refractivity contribution in [2.24, 2.45) is 0 Å². The predicted molar refractivity (Wildman–Crippen MR) is 53.1 cm³/mol. The third kappa shape index (κ3) is 5.67. The Morgan fingerprint density at radius 1 is 1.25 bits per heavy atom. The van der Waals surface area contributed by atoms with Gasteiger partial charge in [-0.15, -0.1) is 0 Å². The minimum atomic E-state index is -4.26. The number of alkyl halides is 3. The molecule has 0 amide bonds. The van der Waals surface area contributed by atoms with Crippen molar-refractivity contribution in [1.29, 1.82) is 0 Å². The van der Waals surface area contributed by atoms with Crippen molar-refractivity contribution in [1.82, 2.24) is 5.32 Å². The van der Waals surface area contributed by atoms with E-state index in [9.17, 15) is 18.3 Å². The van der Waals surface area contributed by atoms with Gasteiger partial charge in [0.05, 0.1) is 12.7 Å². The van der Waals surface area contributed by atoms with Gasteiger partial charge in [0.15, 0.2) is 0 Å². The van der Waals surface area contributed by atoms with Gasteiger partial charge in [0.2, 0.25) is 0 Å². The number of ether oxygens (including phenoxy) is 1. The van der Waals surface area contributed by atoms with E-state index < -0.39 is 12.8 Å². The van der Waals surface area contributed by atoms with E-state index in [4.69, 9.17) is 0 Å². The van der Waals surface area contributed by atoms with Gasteiger partial charge >= 0.3 is 6.18 Å². The van der Waals surface area contributed by atoms with E-state index in [1.807, 2.05) is 0 Å². The second kappa shape index (κ2) is 6.42. The van der Waals surface area contributed by atoms with E-state index in [0.29, 0.717) is 6.54 Å². The first kappa shape index (κ1) is 13.7. The summed E-state index contributed by atoms with van der Waals surface area (Å²) < 4.78 is 39.6. The second-order valence-corrected chi connectivity index (χ2v) is 4.08. The Kier molecular flexibility index (Phi) is 5.51. The van der Waals surface area contributed by atoms with Gasteiger partial charge in [-0.3, -0.25) is 0 Å². The third-order valence-electron chi connectivity index (χ3n) is 2.65. The van der Waals surface area contributed by atoms with Crippen LogP contribution in [0.4, 0.5) is 13.2 Å². The van der Waals surface area contributed by atoms with E-state index >= 15 is 0 Å². The smallest absolute Gasteiger partial charge is 0.392 e. The fourth-order valence-corrected chi connectivity index (χ4v) is 1.85. The van der Waals surface area contributed by atoms with Crippen LogP contribution in [-0.2, 0) is 4.74 Å². The molecule has 1 saturated carbocycles. The Morgan fingerprint density at radius 3 is 2.56 bits per heavy atom. The molecule has 0 heterocycles. The highest BCUT2D eigenvalue weighted by atomic mass is 19.4. The lowest BCUT2D eigenvalue weighted by Crippen LogP contribution is -2.43. The standard InChI is InChI=1S/C10H18F3NO2/c11-10(12,13)7-16-6-5-14-8-3-1-2-4-9(8)15/h8-9,14-15H,1-7H2. The van der Waals surface area contributed by atoms with Gasteiger partial charge in [-0.1, -0.05) is 12.8 Å². The van der Waals surface area contributed by atoms with Crippen LogP contribution in [0.3, 0.4) is 0 Å². The maximum atomic E-state index is 11.7. The Hall–Kier alpha value is -0.330. The molecule has 0 aliphatic heterocycles. The molecule has 0 aromatic rings. The van der Waals surface area contributed by atoms with Crippen LogP contribution in [0, 0.1) is 0 Å². The number of rotatable bonds is 5. The minimum absolute atomic E-state index is 0.00300. The average molecular weight is 241 g/mol. The maximum Gasteiger partial charge on any atom is 0.411 e. The van der Waals surface area contributed by atoms with E-state index in [2.05, 4.69) is 10.1 Å². The number of hydrogen-bond donors (Lipinski definition) is 2. The molecule has 0 spiro atoms. The fraction of sp³-hybridized carbons (Fsp3) is 1.00. The average Bonchev–Trinajstić information content (AvgIpc) is 2.18. The van der Waals surface area contributed by atoms with Gasteiger partial charge < -0.3 is 15.2 Å². The zero-order valence-corrected chi connectivity index (χ0v) is 9.09. The molecule has 0 saturated heterocycles. The number of hydrogen-bond acceptors (Lipinski definition) is 3. The second-order valence-electron chi connectivity index (χ2n) is 4.08. The van der Waals surface area contributed by atoms with Gasteiger partial charge in [-0.2, -0.15) is 13.2 Å². The molecule has 96 valence electrons. The molecular formula is C10H18F3NO2. The number of aliphatic hydroxyl groups excluding tert-OH is 1. The summed E-state index contributed by atoms with van der Waals surface area (Å²) in [5, 5.41) is 12.6. The SMILES string of the molecule is OC1CCCCC1NCCOCC(F)(F)F. The van der Waals surface area contributed by atoms with Crippen molar-refractivity contribution >= 4 is 0 Å². The van der Waals surface area contributed by atoms with Gasteiger partial charge in [0.1, 0.15) is 6.61 Å². The van der Waals surface area contributed by atoms with Crippen LogP contribution in [0.1, 0.15) is 25.7 Å². The van der Waals surface area contributed by atoms with Crippen molar-refractivity contribution in [2.75, 3.05) is 19.8 Å². The molecule has 0 aromatic heterocycles. The molecule has 0 bridgehead atoms. The number of nitrogens with one attached hydrogen (secondary N) is 1. The lowest BCUT2D eigenvalue weighted by molar-refractivity contribution is -0.173. The Labute approximate surface area is 93.0 Å². The van der Waals surface area contributed by atoms with Crippen LogP contribution >= 0.6 is 0 Å². The van der Waals surface area contributed by atoms with Crippen LogP contribution in [0.25, 0.3) is 0 Å². The molecule has 1 fully saturated rings. The molecule has 0 radical (unpaired) electrons. The Bertz CT molecular complexity index is 199. The summed E-state index contributed by atoms with van der Waals surface area (Å²) in [5.41, 5.74) is 0. The maximum absolute atomic E-state index is 11.7. The fourth-order valence-electron chi connectivity index (χ4n) is 1.85. The summed E-state index contributed by atoms with van der Waals surface area (Å²) in [6.07, 6.45) is -0.926. The summed E-state index contributed by atoms with van der Waals surface area (Å²) in [6, 6.07) is 0.00300. The van der Waals surface area contributed by atoms with E-state index in [-0.39, 0.29) is 18.8 Å². The van der Waals surface area contributed by atoms with Crippen LogP contribution in [-0.4, -0.2) is 43.2 Å². The van der Waals surface area contributed by atoms with E-state index in [0.717, 1.165) is 25.7 Å². The highest BCUT2D eigenvalue weighted by Crippen LogP contribution is 2.18. The van der Waals surface area contributed by atoms with Crippen molar-refractivity contribution in [3.63, 3.8) is 0 Å². The van der Waals surface area contributed by atoms with Crippen LogP contribution in [0.5, 0.6) is 0 Å². The van der Waals surface area contributed by atoms with Gasteiger partial charge in [-0.25, -0.2) is 0 Å². The topological polar surface area (TPSA) is 41.5 Å². The Balaban J connectivity index is 2.02. The van der Waals surface area contributed by atoms with E-state index in [1.165, 1.54) is 0 Å². The highest BCUT2D eigenvalue weighted by Gasteiger charge is 2.27. The quantitative estimate of drug-likeness (QED) is 0.716. The molecule has 2 N–H and O–H groups in total. The van der Waals surface area contributed by atoms with Crippen LogP contribution in [0.2, 0.25) is 0 Å². The molecule has 3 nitrogen and oxygen atoms in total. The molecule has 0 aromatic carbocycles. The van der Waals surface area contributed by atoms with Gasteiger partial charge in [-0.05, 0) is 12.8 Å². The summed E-state index contributed by atoms with van der Waals surface area (Å²) in [5.74, 6) is 0. The van der Waals surface area contributed by atoms with Crippen molar-refractivity contribution < 1.29 is 23.0 Å². The van der Waals surface area contributed by atoms with Crippen LogP contribution < -0.4 is 5.32 Å². The molecule has 2 atom stereocenters. The normalized spacial score (nSPS) is 27.0. The largest absolute Gasteiger partial charge is 0.411 e. The molecular weight excluding hydrogens is 223 g/mol. The molecule has 6 heteroatoms. The lowest BCUT2D eigenvalue weighted by Gasteiger charge is -2.28. The molecule has 16 heavy (non-hydrogen) atoms. The predicted octanol–water partition coefficient (Wildman–Crippen LogP) is 1.46. The first-order valence-electron chi connectivity index (χ1n) is 5.55. The molecule has 2 unspecified atom stereocenters. The van der Waals surface area contributed by atoms with Crippen molar-refractivity contribution in [2.45, 2.75) is 44.0 Å². The monoisotopic (exact) mass is 241 g/mol. The number of aliphatic hydroxyl groups is 1. The van der Waals surface area contributed by atoms with Gasteiger partial charge in [0.25, 0.3) is 0 Å². The number of halogens is 3. The lowest BCUT2D eigenvalue weighted by atomic mass is 9.93. The molecule has 1 aliphatic carbocycles. The van der Waals surface area contributed by atoms with Gasteiger partial charge in [0, 0.05) is 12.6 Å². The molecule has 1 rings (SSSR count). The van der Waals surface area contributed by atoms with E-state index in [1.54, 1.807) is 0 Å². The first-order valence-corrected chi connectivity index (χ1v) is 5.55.